The summed E-state index contributed by atoms with van der Waals surface area (Å²) in [6, 6.07) is 9.77. The van der Waals surface area contributed by atoms with Gasteiger partial charge in [0.15, 0.2) is 0 Å². The second kappa shape index (κ2) is 8.29. The first-order chi connectivity index (χ1) is 12.2. The molecule has 0 saturated heterocycles. The number of sulfonamides is 1. The first-order valence-electron chi connectivity index (χ1n) is 7.80. The number of hydrogen-bond acceptors (Lipinski definition) is 5. The van der Waals surface area contributed by atoms with Crippen LogP contribution in [-0.4, -0.2) is 46.0 Å². The third kappa shape index (κ3) is 4.80. The van der Waals surface area contributed by atoms with E-state index in [-0.39, 0.29) is 29.5 Å². The van der Waals surface area contributed by atoms with Gasteiger partial charge in [0, 0.05) is 14.1 Å². The van der Waals surface area contributed by atoms with E-state index in [1.165, 1.54) is 50.5 Å². The van der Waals surface area contributed by atoms with Gasteiger partial charge in [-0.2, -0.15) is 0 Å². The van der Waals surface area contributed by atoms with E-state index in [4.69, 9.17) is 9.47 Å². The molecule has 0 aromatic heterocycles. The number of esters is 1. The lowest BCUT2D eigenvalue weighted by Gasteiger charge is -2.13. The maximum atomic E-state index is 12.8. The number of carbonyl (C=O) groups excluding carboxylic acids is 1. The number of aryl methyl sites for hydroxylation is 1. The molecule has 0 fully saturated rings. The molecule has 8 heteroatoms. The molecule has 0 aliphatic rings. The number of ether oxygens (including phenoxy) is 2. The molecule has 0 radical (unpaired) electrons. The average molecular weight is 381 g/mol. The molecule has 0 N–H and O–H groups in total. The highest BCUT2D eigenvalue weighted by atomic mass is 32.2. The van der Waals surface area contributed by atoms with Crippen molar-refractivity contribution in [3.63, 3.8) is 0 Å². The minimum absolute atomic E-state index is 0.0163. The van der Waals surface area contributed by atoms with E-state index in [1.54, 1.807) is 13.0 Å². The van der Waals surface area contributed by atoms with Crippen molar-refractivity contribution in [2.45, 2.75) is 11.8 Å². The minimum Gasteiger partial charge on any atom is -0.490 e. The third-order valence-electron chi connectivity index (χ3n) is 3.61. The SMILES string of the molecule is Cc1ccc(S(=O)(=O)N(C)C)cc1C(=O)OCCOc1ccc(F)cc1. The third-order valence-corrected chi connectivity index (χ3v) is 5.42. The van der Waals surface area contributed by atoms with Crippen molar-refractivity contribution in [2.24, 2.45) is 0 Å². The molecule has 2 aromatic carbocycles. The molecule has 0 saturated carbocycles. The molecule has 2 aromatic rings. The Labute approximate surface area is 152 Å². The number of carbonyl (C=O) groups is 1. The molecular formula is C18H20FNO5S. The Kier molecular flexibility index (Phi) is 6.33. The maximum Gasteiger partial charge on any atom is 0.338 e. The maximum absolute atomic E-state index is 12.8. The Hall–Kier alpha value is -2.45. The lowest BCUT2D eigenvalue weighted by molar-refractivity contribution is 0.0449. The van der Waals surface area contributed by atoms with Crippen molar-refractivity contribution < 1.29 is 27.1 Å². The van der Waals surface area contributed by atoms with Gasteiger partial charge in [-0.1, -0.05) is 6.07 Å². The van der Waals surface area contributed by atoms with Crippen molar-refractivity contribution in [3.05, 3.63) is 59.4 Å². The van der Waals surface area contributed by atoms with Gasteiger partial charge in [-0.3, -0.25) is 0 Å². The lowest BCUT2D eigenvalue weighted by atomic mass is 10.1. The molecule has 0 aliphatic carbocycles. The van der Waals surface area contributed by atoms with Crippen LogP contribution in [0.25, 0.3) is 0 Å². The summed E-state index contributed by atoms with van der Waals surface area (Å²) < 4.78 is 48.7. The summed E-state index contributed by atoms with van der Waals surface area (Å²) in [6.07, 6.45) is 0. The molecule has 0 bridgehead atoms. The van der Waals surface area contributed by atoms with Gasteiger partial charge in [-0.15, -0.1) is 0 Å². The Bertz CT molecular complexity index is 879. The molecule has 0 unspecified atom stereocenters. The first-order valence-corrected chi connectivity index (χ1v) is 9.24. The molecule has 0 amide bonds. The Morgan fingerprint density at radius 3 is 2.35 bits per heavy atom. The van der Waals surface area contributed by atoms with Crippen LogP contribution < -0.4 is 4.74 Å². The second-order valence-electron chi connectivity index (χ2n) is 5.70. The summed E-state index contributed by atoms with van der Waals surface area (Å²) in [7, 11) is -0.811. The van der Waals surface area contributed by atoms with Crippen LogP contribution in [-0.2, 0) is 14.8 Å². The highest BCUT2D eigenvalue weighted by molar-refractivity contribution is 7.89. The molecule has 26 heavy (non-hydrogen) atoms. The van der Waals surface area contributed by atoms with Gasteiger partial charge >= 0.3 is 5.97 Å². The Balaban J connectivity index is 1.99. The number of benzene rings is 2. The zero-order valence-electron chi connectivity index (χ0n) is 14.7. The largest absolute Gasteiger partial charge is 0.490 e. The van der Waals surface area contributed by atoms with Gasteiger partial charge in [0.1, 0.15) is 24.8 Å². The minimum atomic E-state index is -3.64. The topological polar surface area (TPSA) is 72.9 Å². The van der Waals surface area contributed by atoms with Crippen molar-refractivity contribution in [2.75, 3.05) is 27.3 Å². The molecule has 0 heterocycles. The van der Waals surface area contributed by atoms with E-state index in [9.17, 15) is 17.6 Å². The molecule has 0 spiro atoms. The standard InChI is InChI=1S/C18H20FNO5S/c1-13-4-9-16(26(22,23)20(2)3)12-17(13)18(21)25-11-10-24-15-7-5-14(19)6-8-15/h4-9,12H,10-11H2,1-3H3. The smallest absolute Gasteiger partial charge is 0.338 e. The predicted molar refractivity (Wildman–Crippen MR) is 94.2 cm³/mol. The Morgan fingerprint density at radius 1 is 1.08 bits per heavy atom. The van der Waals surface area contributed by atoms with E-state index < -0.39 is 16.0 Å². The van der Waals surface area contributed by atoms with E-state index in [2.05, 4.69) is 0 Å². The van der Waals surface area contributed by atoms with Crippen LogP contribution in [0.15, 0.2) is 47.4 Å². The second-order valence-corrected chi connectivity index (χ2v) is 7.85. The predicted octanol–water partition coefficient (Wildman–Crippen LogP) is 2.62. The average Bonchev–Trinajstić information content (AvgIpc) is 2.60. The van der Waals surface area contributed by atoms with Crippen molar-refractivity contribution in [1.82, 2.24) is 4.31 Å². The normalized spacial score (nSPS) is 11.4. The number of halogens is 1. The van der Waals surface area contributed by atoms with E-state index >= 15 is 0 Å². The van der Waals surface area contributed by atoms with Gasteiger partial charge in [0.2, 0.25) is 10.0 Å². The van der Waals surface area contributed by atoms with E-state index in [1.807, 2.05) is 0 Å². The zero-order valence-corrected chi connectivity index (χ0v) is 15.5. The van der Waals surface area contributed by atoms with Crippen LogP contribution in [0, 0.1) is 12.7 Å². The summed E-state index contributed by atoms with van der Waals surface area (Å²) in [6.45, 7) is 1.75. The van der Waals surface area contributed by atoms with Crippen LogP contribution in [0.3, 0.4) is 0 Å². The lowest BCUT2D eigenvalue weighted by Crippen LogP contribution is -2.23. The van der Waals surface area contributed by atoms with Gasteiger partial charge in [0.25, 0.3) is 0 Å². The monoisotopic (exact) mass is 381 g/mol. The molecule has 6 nitrogen and oxygen atoms in total. The van der Waals surface area contributed by atoms with Crippen LogP contribution in [0.4, 0.5) is 4.39 Å². The summed E-state index contributed by atoms with van der Waals surface area (Å²) in [5, 5.41) is 0. The summed E-state index contributed by atoms with van der Waals surface area (Å²) >= 11 is 0. The number of nitrogens with zero attached hydrogens (tertiary/aromatic N) is 1. The van der Waals surface area contributed by atoms with Crippen LogP contribution >= 0.6 is 0 Å². The highest BCUT2D eigenvalue weighted by Crippen LogP contribution is 2.19. The molecule has 0 aliphatic heterocycles. The summed E-state index contributed by atoms with van der Waals surface area (Å²) in [5.74, 6) is -0.550. The van der Waals surface area contributed by atoms with Gasteiger partial charge < -0.3 is 9.47 Å². The quantitative estimate of drug-likeness (QED) is 0.545. The fraction of sp³-hybridized carbons (Fsp3) is 0.278. The highest BCUT2D eigenvalue weighted by Gasteiger charge is 2.20. The number of rotatable bonds is 7. The summed E-state index contributed by atoms with van der Waals surface area (Å²) in [5.41, 5.74) is 0.780. The van der Waals surface area contributed by atoms with Crippen LogP contribution in [0.5, 0.6) is 5.75 Å². The van der Waals surface area contributed by atoms with Gasteiger partial charge in [0.05, 0.1) is 10.5 Å². The Morgan fingerprint density at radius 2 is 1.73 bits per heavy atom. The van der Waals surface area contributed by atoms with Crippen molar-refractivity contribution in [1.29, 1.82) is 0 Å². The number of hydrogen-bond donors (Lipinski definition) is 0. The van der Waals surface area contributed by atoms with E-state index in [0.29, 0.717) is 11.3 Å². The fourth-order valence-electron chi connectivity index (χ4n) is 2.09. The van der Waals surface area contributed by atoms with Crippen LogP contribution in [0.2, 0.25) is 0 Å². The molecular weight excluding hydrogens is 361 g/mol. The molecule has 140 valence electrons. The fourth-order valence-corrected chi connectivity index (χ4v) is 3.02. The zero-order chi connectivity index (χ0) is 19.3. The van der Waals surface area contributed by atoms with Crippen molar-refractivity contribution >= 4 is 16.0 Å². The van der Waals surface area contributed by atoms with Crippen LogP contribution in [0.1, 0.15) is 15.9 Å². The van der Waals surface area contributed by atoms with Crippen molar-refractivity contribution in [3.8, 4) is 5.75 Å². The molecule has 0 atom stereocenters. The van der Waals surface area contributed by atoms with E-state index in [0.717, 1.165) is 4.31 Å². The van der Waals surface area contributed by atoms with Gasteiger partial charge in [-0.05, 0) is 48.9 Å². The van der Waals surface area contributed by atoms with Gasteiger partial charge in [-0.25, -0.2) is 21.9 Å². The molecule has 2 rings (SSSR count). The summed E-state index contributed by atoms with van der Waals surface area (Å²) in [4.78, 5) is 12.3. The first kappa shape index (κ1) is 19.9.